The third-order valence-electron chi connectivity index (χ3n) is 6.83. The number of rotatable bonds is 2. The van der Waals surface area contributed by atoms with Crippen LogP contribution in [0.15, 0.2) is 95.6 Å². The molecule has 0 amide bonds. The lowest BCUT2D eigenvalue weighted by molar-refractivity contribution is 0.124. The Morgan fingerprint density at radius 1 is 1.06 bits per heavy atom. The van der Waals surface area contributed by atoms with Gasteiger partial charge in [0.05, 0.1) is 19.2 Å². The van der Waals surface area contributed by atoms with Gasteiger partial charge in [-0.05, 0) is 63.7 Å². The molecule has 0 saturated carbocycles. The van der Waals surface area contributed by atoms with Crippen molar-refractivity contribution in [3.63, 3.8) is 0 Å². The maximum Gasteiger partial charge on any atom is 0.214 e. The summed E-state index contributed by atoms with van der Waals surface area (Å²) >= 11 is 6.56. The van der Waals surface area contributed by atoms with Gasteiger partial charge in [0.1, 0.15) is 11.4 Å². The van der Waals surface area contributed by atoms with E-state index in [0.717, 1.165) is 33.3 Å². The van der Waals surface area contributed by atoms with Gasteiger partial charge in [-0.15, -0.1) is 0 Å². The molecule has 1 N–H and O–H groups in total. The summed E-state index contributed by atoms with van der Waals surface area (Å²) in [5.41, 5.74) is 4.64. The molecule has 0 aliphatic carbocycles. The maximum absolute atomic E-state index is 12.5. The first kappa shape index (κ1) is 22.5. The van der Waals surface area contributed by atoms with Crippen LogP contribution >= 0.6 is 11.6 Å². The molecule has 0 radical (unpaired) electrons. The highest BCUT2D eigenvalue weighted by Crippen LogP contribution is 2.44. The molecule has 0 saturated heterocycles. The fourth-order valence-corrected chi connectivity index (χ4v) is 5.16. The quantitative estimate of drug-likeness (QED) is 0.357. The van der Waals surface area contributed by atoms with Crippen molar-refractivity contribution in [3.8, 4) is 22.8 Å². The molecule has 178 valence electrons. The van der Waals surface area contributed by atoms with Crippen molar-refractivity contribution >= 4 is 28.7 Å². The van der Waals surface area contributed by atoms with E-state index in [1.54, 1.807) is 19.5 Å². The van der Waals surface area contributed by atoms with Crippen LogP contribution in [0.4, 0.5) is 0 Å². The van der Waals surface area contributed by atoms with Crippen LogP contribution in [0, 0.1) is 0 Å². The lowest BCUT2D eigenvalue weighted by Gasteiger charge is -2.32. The van der Waals surface area contributed by atoms with Gasteiger partial charge >= 0.3 is 0 Å². The fraction of sp³-hybridized carbons (Fsp3) is 0.133. The van der Waals surface area contributed by atoms with E-state index in [2.05, 4.69) is 16.6 Å². The molecule has 1 aromatic heterocycles. The number of benzene rings is 3. The molecule has 3 heterocycles. The van der Waals surface area contributed by atoms with Gasteiger partial charge in [-0.25, -0.2) is 4.98 Å². The van der Waals surface area contributed by atoms with Crippen molar-refractivity contribution in [2.75, 3.05) is 13.7 Å². The lowest BCUT2D eigenvalue weighted by Crippen LogP contribution is -2.30. The monoisotopic (exact) mass is 494 g/mol. The van der Waals surface area contributed by atoms with Gasteiger partial charge in [0.2, 0.25) is 5.88 Å². The minimum absolute atomic E-state index is 0.434. The highest BCUT2D eigenvalue weighted by molar-refractivity contribution is 6.31. The second-order valence-electron chi connectivity index (χ2n) is 8.93. The van der Waals surface area contributed by atoms with E-state index in [0.29, 0.717) is 46.2 Å². The zero-order valence-corrected chi connectivity index (χ0v) is 20.4. The first-order valence-electron chi connectivity index (χ1n) is 11.6. The van der Waals surface area contributed by atoms with Crippen molar-refractivity contribution in [3.05, 3.63) is 112 Å². The van der Waals surface area contributed by atoms with Crippen LogP contribution in [0.3, 0.4) is 0 Å². The molecule has 1 atom stereocenters. The molecule has 0 fully saturated rings. The summed E-state index contributed by atoms with van der Waals surface area (Å²) in [6, 6.07) is 21.2. The van der Waals surface area contributed by atoms with E-state index >= 15 is 0 Å². The highest BCUT2D eigenvalue weighted by atomic mass is 35.5. The third kappa shape index (κ3) is 3.60. The van der Waals surface area contributed by atoms with E-state index in [-0.39, 0.29) is 0 Å². The summed E-state index contributed by atoms with van der Waals surface area (Å²) in [6.45, 7) is 4.57. The molecule has 3 aromatic carbocycles. The number of ether oxygens (including phenoxy) is 2. The van der Waals surface area contributed by atoms with Crippen molar-refractivity contribution in [2.24, 2.45) is 4.99 Å². The van der Waals surface area contributed by atoms with Crippen molar-refractivity contribution in [1.29, 1.82) is 0 Å². The number of nitrogens with zero attached hydrogens (tertiary/aromatic N) is 2. The van der Waals surface area contributed by atoms with Crippen LogP contribution in [-0.2, 0) is 12.0 Å². The van der Waals surface area contributed by atoms with E-state index in [1.807, 2.05) is 66.7 Å². The Morgan fingerprint density at radius 3 is 2.69 bits per heavy atom. The molecule has 2 aliphatic rings. The van der Waals surface area contributed by atoms with E-state index in [1.165, 1.54) is 0 Å². The van der Waals surface area contributed by atoms with Crippen molar-refractivity contribution < 1.29 is 14.6 Å². The number of aliphatic imine (C=N–C) groups is 1. The standard InChI is InChI=1S/C30H23ClN2O3/c1-18-16-32-17-26(18)30(34)21-6-8-27(31)20(12-21)10-11-36-23-5-3-4-19(13-23)24-15-29(35-2)33-28-9-7-22(30)14-25(24)28/h3-9,12-17,34H,1,10-11H2,2H3. The Morgan fingerprint density at radius 2 is 1.89 bits per heavy atom. The van der Waals surface area contributed by atoms with Gasteiger partial charge in [-0.1, -0.05) is 48.5 Å². The normalized spacial score (nSPS) is 18.6. The molecular weight excluding hydrogens is 472 g/mol. The highest BCUT2D eigenvalue weighted by Gasteiger charge is 2.39. The van der Waals surface area contributed by atoms with Gasteiger partial charge in [0, 0.05) is 40.9 Å². The molecular formula is C30H23ClN2O3. The third-order valence-corrected chi connectivity index (χ3v) is 7.20. The van der Waals surface area contributed by atoms with Crippen LogP contribution in [0.2, 0.25) is 5.02 Å². The van der Waals surface area contributed by atoms with Gasteiger partial charge < -0.3 is 14.6 Å². The largest absolute Gasteiger partial charge is 0.493 e. The fourth-order valence-electron chi connectivity index (χ4n) is 4.95. The number of fused-ring (bicyclic) bond motifs is 6. The van der Waals surface area contributed by atoms with Crippen LogP contribution in [0.1, 0.15) is 16.7 Å². The molecule has 2 aliphatic heterocycles. The van der Waals surface area contributed by atoms with E-state index in [9.17, 15) is 5.11 Å². The Labute approximate surface area is 214 Å². The molecule has 1 unspecified atom stereocenters. The Bertz CT molecular complexity index is 1610. The number of pyridine rings is 1. The minimum atomic E-state index is -1.51. The van der Waals surface area contributed by atoms with E-state index < -0.39 is 5.60 Å². The number of aliphatic hydroxyl groups is 1. The molecule has 36 heavy (non-hydrogen) atoms. The first-order chi connectivity index (χ1) is 17.5. The molecule has 6 bridgehead atoms. The van der Waals surface area contributed by atoms with Gasteiger partial charge in [-0.2, -0.15) is 0 Å². The first-order valence-corrected chi connectivity index (χ1v) is 12.0. The average molecular weight is 495 g/mol. The molecule has 6 rings (SSSR count). The summed E-state index contributed by atoms with van der Waals surface area (Å²) in [5, 5.41) is 14.0. The molecule has 6 heteroatoms. The van der Waals surface area contributed by atoms with Gasteiger partial charge in [0.25, 0.3) is 0 Å². The van der Waals surface area contributed by atoms with E-state index in [4.69, 9.17) is 21.1 Å². The Hall–Kier alpha value is -3.93. The van der Waals surface area contributed by atoms with Crippen LogP contribution < -0.4 is 9.47 Å². The van der Waals surface area contributed by atoms with Crippen LogP contribution in [0.25, 0.3) is 22.0 Å². The lowest BCUT2D eigenvalue weighted by atomic mass is 9.77. The van der Waals surface area contributed by atoms with Crippen LogP contribution in [-0.4, -0.2) is 30.0 Å². The number of halogens is 1. The van der Waals surface area contributed by atoms with Gasteiger partial charge in [0.15, 0.2) is 0 Å². The summed E-state index contributed by atoms with van der Waals surface area (Å²) < 4.78 is 11.6. The zero-order chi connectivity index (χ0) is 24.9. The number of aromatic nitrogens is 1. The second-order valence-corrected chi connectivity index (χ2v) is 9.34. The Balaban J connectivity index is 1.70. The molecule has 0 spiro atoms. The number of methoxy groups -OCH3 is 1. The Kier molecular flexibility index (Phi) is 5.40. The summed E-state index contributed by atoms with van der Waals surface area (Å²) in [4.78, 5) is 8.93. The summed E-state index contributed by atoms with van der Waals surface area (Å²) in [5.74, 6) is 1.27. The SMILES string of the molecule is C=C1C=NC=C1C1(O)c2ccc(Cl)c(c2)CCOc2cccc(c2)-c2cc(OC)nc3ccc1cc23. The van der Waals surface area contributed by atoms with Crippen molar-refractivity contribution in [2.45, 2.75) is 12.0 Å². The van der Waals surface area contributed by atoms with Gasteiger partial charge in [-0.3, -0.25) is 4.99 Å². The second kappa shape index (κ2) is 8.63. The zero-order valence-electron chi connectivity index (χ0n) is 19.7. The number of hydrogen-bond donors (Lipinski definition) is 1. The minimum Gasteiger partial charge on any atom is -0.493 e. The topological polar surface area (TPSA) is 63.9 Å². The molecule has 4 aromatic rings. The predicted molar refractivity (Wildman–Crippen MR) is 143 cm³/mol. The summed E-state index contributed by atoms with van der Waals surface area (Å²) in [7, 11) is 1.60. The molecule has 5 nitrogen and oxygen atoms in total. The average Bonchev–Trinajstić information content (AvgIpc) is 3.34. The maximum atomic E-state index is 12.5. The summed E-state index contributed by atoms with van der Waals surface area (Å²) in [6.07, 6.45) is 3.91. The number of hydrogen-bond acceptors (Lipinski definition) is 5. The smallest absolute Gasteiger partial charge is 0.214 e. The predicted octanol–water partition coefficient (Wildman–Crippen LogP) is 6.26. The van der Waals surface area contributed by atoms with Crippen molar-refractivity contribution in [1.82, 2.24) is 4.98 Å². The van der Waals surface area contributed by atoms with Crippen LogP contribution in [0.5, 0.6) is 11.6 Å².